The van der Waals surface area contributed by atoms with Gasteiger partial charge >= 0.3 is 0 Å². The second kappa shape index (κ2) is 2.74. The van der Waals surface area contributed by atoms with E-state index in [1.165, 1.54) is 0 Å². The molecule has 0 radical (unpaired) electrons. The highest BCUT2D eigenvalue weighted by Crippen LogP contribution is 2.52. The highest BCUT2D eigenvalue weighted by molar-refractivity contribution is 5.04. The normalized spacial score (nSPS) is 46.7. The summed E-state index contributed by atoms with van der Waals surface area (Å²) in [4.78, 5) is 3.55. The maximum absolute atomic E-state index is 9.32. The molecule has 2 rings (SSSR count). The van der Waals surface area contributed by atoms with Crippen molar-refractivity contribution in [3.8, 4) is 0 Å². The Hall–Kier alpha value is -0.550. The number of nitrogens with zero attached hydrogens (tertiary/aromatic N) is 1. The molecule has 2 aliphatic rings. The third-order valence-electron chi connectivity index (χ3n) is 3.54. The molecule has 2 nitrogen and oxygen atoms in total. The van der Waals surface area contributed by atoms with Gasteiger partial charge in [-0.3, -0.25) is 0 Å². The van der Waals surface area contributed by atoms with Crippen LogP contribution in [0.2, 0.25) is 0 Å². The minimum Gasteiger partial charge on any atom is -0.393 e. The summed E-state index contributed by atoms with van der Waals surface area (Å²) < 4.78 is 0. The summed E-state index contributed by atoms with van der Waals surface area (Å²) in [5, 5.41) is 9.32. The van der Waals surface area contributed by atoms with E-state index in [2.05, 4.69) is 4.85 Å². The van der Waals surface area contributed by atoms with Crippen molar-refractivity contribution in [2.24, 2.45) is 5.41 Å². The highest BCUT2D eigenvalue weighted by atomic mass is 16.3. The Labute approximate surface area is 73.4 Å². The first-order chi connectivity index (χ1) is 5.74. The molecule has 1 spiro atoms. The summed E-state index contributed by atoms with van der Waals surface area (Å²) in [7, 11) is 0. The van der Waals surface area contributed by atoms with Crippen LogP contribution in [0.25, 0.3) is 4.85 Å². The zero-order valence-electron chi connectivity index (χ0n) is 7.29. The zero-order chi connectivity index (χ0) is 8.60. The predicted molar refractivity (Wildman–Crippen MR) is 46.5 cm³/mol. The topological polar surface area (TPSA) is 24.6 Å². The number of aliphatic hydroxyl groups is 1. The SMILES string of the molecule is [C-]#[N+]C1CC2(CCC(O)CC2)C1. The Kier molecular flexibility index (Phi) is 1.84. The fraction of sp³-hybridized carbons (Fsp3) is 0.900. The van der Waals surface area contributed by atoms with Gasteiger partial charge in [0.25, 0.3) is 0 Å². The van der Waals surface area contributed by atoms with Crippen LogP contribution in [0.4, 0.5) is 0 Å². The molecule has 0 aliphatic heterocycles. The summed E-state index contributed by atoms with van der Waals surface area (Å²) in [6, 6.07) is 0.306. The highest BCUT2D eigenvalue weighted by Gasteiger charge is 2.49. The monoisotopic (exact) mass is 165 g/mol. The Morgan fingerprint density at radius 1 is 1.25 bits per heavy atom. The van der Waals surface area contributed by atoms with Gasteiger partial charge in [-0.15, -0.1) is 0 Å². The van der Waals surface area contributed by atoms with Crippen molar-refractivity contribution in [1.82, 2.24) is 0 Å². The number of aliphatic hydroxyl groups excluding tert-OH is 1. The second-order valence-corrected chi connectivity index (χ2v) is 4.42. The Balaban J connectivity index is 1.88. The number of hydrogen-bond donors (Lipinski definition) is 1. The Bertz CT molecular complexity index is 202. The lowest BCUT2D eigenvalue weighted by Gasteiger charge is -2.45. The van der Waals surface area contributed by atoms with Crippen molar-refractivity contribution in [3.63, 3.8) is 0 Å². The van der Waals surface area contributed by atoms with Crippen molar-refractivity contribution in [2.45, 2.75) is 50.7 Å². The second-order valence-electron chi connectivity index (χ2n) is 4.42. The molecule has 66 valence electrons. The summed E-state index contributed by atoms with van der Waals surface area (Å²) in [6.07, 6.45) is 6.38. The number of rotatable bonds is 0. The van der Waals surface area contributed by atoms with Crippen molar-refractivity contribution >= 4 is 0 Å². The van der Waals surface area contributed by atoms with E-state index in [0.29, 0.717) is 11.5 Å². The van der Waals surface area contributed by atoms with E-state index in [-0.39, 0.29) is 6.10 Å². The minimum absolute atomic E-state index is 0.0531. The van der Waals surface area contributed by atoms with E-state index in [0.717, 1.165) is 38.5 Å². The van der Waals surface area contributed by atoms with Gasteiger partial charge in [-0.25, -0.2) is 6.57 Å². The maximum Gasteiger partial charge on any atom is 0.224 e. The Morgan fingerprint density at radius 2 is 1.83 bits per heavy atom. The molecule has 0 saturated heterocycles. The smallest absolute Gasteiger partial charge is 0.224 e. The van der Waals surface area contributed by atoms with Crippen molar-refractivity contribution in [1.29, 1.82) is 0 Å². The summed E-state index contributed by atoms with van der Waals surface area (Å²) in [5.74, 6) is 0. The first-order valence-electron chi connectivity index (χ1n) is 4.79. The van der Waals surface area contributed by atoms with Gasteiger partial charge in [-0.1, -0.05) is 0 Å². The van der Waals surface area contributed by atoms with Crippen LogP contribution in [0.3, 0.4) is 0 Å². The van der Waals surface area contributed by atoms with Crippen LogP contribution in [-0.4, -0.2) is 17.3 Å². The van der Waals surface area contributed by atoms with Gasteiger partial charge in [0, 0.05) is 12.8 Å². The van der Waals surface area contributed by atoms with Gasteiger partial charge in [-0.05, 0) is 31.1 Å². The maximum atomic E-state index is 9.32. The fourth-order valence-corrected chi connectivity index (χ4v) is 2.65. The molecule has 0 heterocycles. The third-order valence-corrected chi connectivity index (χ3v) is 3.54. The molecule has 0 aromatic heterocycles. The van der Waals surface area contributed by atoms with Gasteiger partial charge < -0.3 is 9.95 Å². The van der Waals surface area contributed by atoms with Crippen LogP contribution >= 0.6 is 0 Å². The van der Waals surface area contributed by atoms with Crippen molar-refractivity contribution in [2.75, 3.05) is 0 Å². The van der Waals surface area contributed by atoms with Crippen molar-refractivity contribution < 1.29 is 5.11 Å². The lowest BCUT2D eigenvalue weighted by atomic mass is 9.58. The van der Waals surface area contributed by atoms with Crippen LogP contribution in [-0.2, 0) is 0 Å². The summed E-state index contributed by atoms with van der Waals surface area (Å²) >= 11 is 0. The lowest BCUT2D eigenvalue weighted by Crippen LogP contribution is -2.42. The van der Waals surface area contributed by atoms with Gasteiger partial charge in [0.15, 0.2) is 0 Å². The van der Waals surface area contributed by atoms with Crippen LogP contribution in [0.15, 0.2) is 0 Å². The van der Waals surface area contributed by atoms with Gasteiger partial charge in [0.1, 0.15) is 0 Å². The van der Waals surface area contributed by atoms with Crippen LogP contribution in [0.1, 0.15) is 38.5 Å². The summed E-state index contributed by atoms with van der Waals surface area (Å²) in [5.41, 5.74) is 0.481. The van der Waals surface area contributed by atoms with E-state index in [1.807, 2.05) is 0 Å². The molecule has 12 heavy (non-hydrogen) atoms. The van der Waals surface area contributed by atoms with Gasteiger partial charge in [-0.2, -0.15) is 0 Å². The van der Waals surface area contributed by atoms with E-state index in [1.54, 1.807) is 0 Å². The van der Waals surface area contributed by atoms with Gasteiger partial charge in [0.2, 0.25) is 6.04 Å². The van der Waals surface area contributed by atoms with Gasteiger partial charge in [0.05, 0.1) is 6.10 Å². The number of hydrogen-bond acceptors (Lipinski definition) is 1. The van der Waals surface area contributed by atoms with E-state index in [9.17, 15) is 5.11 Å². The first kappa shape index (κ1) is 8.07. The average Bonchev–Trinajstić information content (AvgIpc) is 2.02. The average molecular weight is 165 g/mol. The van der Waals surface area contributed by atoms with E-state index in [4.69, 9.17) is 6.57 Å². The van der Waals surface area contributed by atoms with Crippen LogP contribution in [0.5, 0.6) is 0 Å². The van der Waals surface area contributed by atoms with Crippen LogP contribution < -0.4 is 0 Å². The molecule has 0 atom stereocenters. The molecule has 0 aromatic carbocycles. The predicted octanol–water partition coefficient (Wildman–Crippen LogP) is 1.99. The zero-order valence-corrected chi connectivity index (χ0v) is 7.29. The molecule has 2 heteroatoms. The Morgan fingerprint density at radius 3 is 2.33 bits per heavy atom. The molecule has 1 N–H and O–H groups in total. The molecular weight excluding hydrogens is 150 g/mol. The third kappa shape index (κ3) is 1.23. The molecule has 0 aromatic rings. The molecule has 0 unspecified atom stereocenters. The molecule has 2 aliphatic carbocycles. The fourth-order valence-electron chi connectivity index (χ4n) is 2.65. The van der Waals surface area contributed by atoms with Crippen molar-refractivity contribution in [3.05, 3.63) is 11.4 Å². The van der Waals surface area contributed by atoms with E-state index < -0.39 is 0 Å². The first-order valence-corrected chi connectivity index (χ1v) is 4.79. The molecular formula is C10H15NO. The van der Waals surface area contributed by atoms with Crippen LogP contribution in [0, 0.1) is 12.0 Å². The summed E-state index contributed by atoms with van der Waals surface area (Å²) in [6.45, 7) is 6.88. The molecule has 0 amide bonds. The largest absolute Gasteiger partial charge is 0.393 e. The molecule has 2 fully saturated rings. The standard InChI is InChI=1S/C10H15NO/c1-11-8-6-10(7-8)4-2-9(12)3-5-10/h8-9,12H,2-7H2. The van der Waals surface area contributed by atoms with E-state index >= 15 is 0 Å². The minimum atomic E-state index is -0.0531. The molecule has 2 saturated carbocycles. The quantitative estimate of drug-likeness (QED) is 0.545. The molecule has 0 bridgehead atoms. The lowest BCUT2D eigenvalue weighted by molar-refractivity contribution is 0.00923.